The van der Waals surface area contributed by atoms with Crippen LogP contribution in [0.25, 0.3) is 5.76 Å². The molecule has 0 bridgehead atoms. The molecule has 2 aliphatic rings. The van der Waals surface area contributed by atoms with E-state index in [2.05, 4.69) is 0 Å². The molecule has 1 heterocycles. The average Bonchev–Trinajstić information content (AvgIpc) is 2.98. The molecule has 1 fully saturated rings. The molecule has 3 rings (SSSR count). The highest BCUT2D eigenvalue weighted by molar-refractivity contribution is 7.90. The lowest BCUT2D eigenvalue weighted by Gasteiger charge is -2.22. The van der Waals surface area contributed by atoms with Gasteiger partial charge >= 0.3 is 0 Å². The van der Waals surface area contributed by atoms with Gasteiger partial charge in [0, 0.05) is 17.9 Å². The van der Waals surface area contributed by atoms with Crippen LogP contribution in [0.5, 0.6) is 0 Å². The zero-order valence-corrected chi connectivity index (χ0v) is 12.1. The molecule has 4 nitrogen and oxygen atoms in total. The Hall–Kier alpha value is -1.62. The third-order valence-electron chi connectivity index (χ3n) is 3.99. The Morgan fingerprint density at radius 1 is 1.10 bits per heavy atom. The van der Waals surface area contributed by atoms with E-state index in [9.17, 15) is 13.2 Å². The summed E-state index contributed by atoms with van der Waals surface area (Å²) in [7, 11) is -3.20. The second-order valence-corrected chi connectivity index (χ2v) is 7.49. The molecule has 0 unspecified atom stereocenters. The maximum Gasteiger partial charge on any atom is 0.202 e. The van der Waals surface area contributed by atoms with Gasteiger partial charge in [0.05, 0.1) is 4.90 Å². The molecule has 1 aromatic carbocycles. The number of hydrogen-bond acceptors (Lipinski definition) is 4. The molecular weight excluding hydrogens is 276 g/mol. The van der Waals surface area contributed by atoms with Crippen LogP contribution in [-0.2, 0) is 19.4 Å². The fraction of sp³-hybridized carbons (Fsp3) is 0.400. The van der Waals surface area contributed by atoms with Crippen LogP contribution >= 0.6 is 0 Å². The number of hydrogen-bond donors (Lipinski definition) is 0. The van der Waals surface area contributed by atoms with E-state index in [-0.39, 0.29) is 10.7 Å². The SMILES string of the molecule is CS(=O)(=O)c1ccc(C2=CC(=O)C3(CCCC3)O2)cc1. The quantitative estimate of drug-likeness (QED) is 0.839. The van der Waals surface area contributed by atoms with Gasteiger partial charge in [-0.2, -0.15) is 0 Å². The summed E-state index contributed by atoms with van der Waals surface area (Å²) in [6.45, 7) is 0. The van der Waals surface area contributed by atoms with Gasteiger partial charge in [0.25, 0.3) is 0 Å². The molecule has 106 valence electrons. The van der Waals surface area contributed by atoms with Crippen LogP contribution in [0.2, 0.25) is 0 Å². The number of rotatable bonds is 2. The van der Waals surface area contributed by atoms with E-state index in [1.165, 1.54) is 6.26 Å². The van der Waals surface area contributed by atoms with Crippen molar-refractivity contribution in [2.75, 3.05) is 6.26 Å². The van der Waals surface area contributed by atoms with Crippen molar-refractivity contribution in [1.82, 2.24) is 0 Å². The Balaban J connectivity index is 1.88. The lowest BCUT2D eigenvalue weighted by Crippen LogP contribution is -2.32. The van der Waals surface area contributed by atoms with Crippen LogP contribution in [0.1, 0.15) is 31.2 Å². The van der Waals surface area contributed by atoms with E-state index in [4.69, 9.17) is 4.74 Å². The van der Waals surface area contributed by atoms with Crippen LogP contribution in [0, 0.1) is 0 Å². The van der Waals surface area contributed by atoms with Gasteiger partial charge in [-0.15, -0.1) is 0 Å². The van der Waals surface area contributed by atoms with Gasteiger partial charge in [-0.3, -0.25) is 4.79 Å². The lowest BCUT2D eigenvalue weighted by molar-refractivity contribution is -0.128. The minimum atomic E-state index is -3.20. The number of sulfone groups is 1. The maximum atomic E-state index is 12.1. The van der Waals surface area contributed by atoms with Crippen molar-refractivity contribution in [2.45, 2.75) is 36.2 Å². The van der Waals surface area contributed by atoms with Crippen molar-refractivity contribution in [2.24, 2.45) is 0 Å². The first-order chi connectivity index (χ1) is 9.41. The van der Waals surface area contributed by atoms with E-state index in [0.29, 0.717) is 5.76 Å². The zero-order valence-electron chi connectivity index (χ0n) is 11.3. The molecule has 1 saturated carbocycles. The summed E-state index contributed by atoms with van der Waals surface area (Å²) in [6.07, 6.45) is 6.28. The molecule has 0 amide bonds. The summed E-state index contributed by atoms with van der Waals surface area (Å²) in [5, 5.41) is 0. The molecule has 20 heavy (non-hydrogen) atoms. The van der Waals surface area contributed by atoms with Crippen molar-refractivity contribution in [3.63, 3.8) is 0 Å². The van der Waals surface area contributed by atoms with Crippen LogP contribution in [-0.4, -0.2) is 26.1 Å². The highest BCUT2D eigenvalue weighted by Gasteiger charge is 2.46. The first kappa shape index (κ1) is 13.4. The van der Waals surface area contributed by atoms with Gasteiger partial charge < -0.3 is 4.74 Å². The first-order valence-corrected chi connectivity index (χ1v) is 8.56. The summed E-state index contributed by atoms with van der Waals surface area (Å²) in [5.41, 5.74) is 0.0970. The average molecular weight is 292 g/mol. The highest BCUT2D eigenvalue weighted by atomic mass is 32.2. The molecule has 0 radical (unpaired) electrons. The molecule has 1 aromatic rings. The predicted molar refractivity (Wildman–Crippen MR) is 74.8 cm³/mol. The Morgan fingerprint density at radius 3 is 2.25 bits per heavy atom. The summed E-state index contributed by atoms with van der Waals surface area (Å²) in [6, 6.07) is 6.45. The summed E-state index contributed by atoms with van der Waals surface area (Å²) >= 11 is 0. The number of ketones is 1. The zero-order chi connectivity index (χ0) is 14.4. The van der Waals surface area contributed by atoms with Crippen molar-refractivity contribution < 1.29 is 17.9 Å². The predicted octanol–water partition coefficient (Wildman–Crippen LogP) is 2.34. The highest BCUT2D eigenvalue weighted by Crippen LogP contribution is 2.42. The van der Waals surface area contributed by atoms with Gasteiger partial charge in [-0.25, -0.2) is 8.42 Å². The minimum Gasteiger partial charge on any atom is -0.478 e. The van der Waals surface area contributed by atoms with Crippen molar-refractivity contribution in [3.05, 3.63) is 35.9 Å². The normalized spacial score (nSPS) is 21.1. The molecule has 0 atom stereocenters. The topological polar surface area (TPSA) is 60.4 Å². The molecular formula is C15H16O4S. The number of ether oxygens (including phenoxy) is 1. The standard InChI is InChI=1S/C15H16O4S/c1-20(17,18)12-6-4-11(5-7-12)13-10-14(16)15(19-13)8-2-3-9-15/h4-7,10H,2-3,8-9H2,1H3. The first-order valence-electron chi connectivity index (χ1n) is 6.66. The second kappa shape index (κ2) is 4.45. The second-order valence-electron chi connectivity index (χ2n) is 5.47. The fourth-order valence-electron chi connectivity index (χ4n) is 2.84. The maximum absolute atomic E-state index is 12.1. The lowest BCUT2D eigenvalue weighted by atomic mass is 9.98. The van der Waals surface area contributed by atoms with E-state index in [1.807, 2.05) is 0 Å². The minimum absolute atomic E-state index is 0.0391. The third kappa shape index (κ3) is 2.16. The number of carbonyl (C=O) groups excluding carboxylic acids is 1. The van der Waals surface area contributed by atoms with Crippen molar-refractivity contribution in [3.8, 4) is 0 Å². The van der Waals surface area contributed by atoms with Gasteiger partial charge in [0.1, 0.15) is 5.76 Å². The third-order valence-corrected chi connectivity index (χ3v) is 5.12. The van der Waals surface area contributed by atoms with Crippen molar-refractivity contribution in [1.29, 1.82) is 0 Å². The molecule has 1 aliphatic heterocycles. The van der Waals surface area contributed by atoms with Gasteiger partial charge in [0.2, 0.25) is 5.78 Å². The number of carbonyl (C=O) groups is 1. The Morgan fingerprint density at radius 2 is 1.70 bits per heavy atom. The van der Waals surface area contributed by atoms with Gasteiger partial charge in [-0.05, 0) is 49.9 Å². The van der Waals surface area contributed by atoms with Gasteiger partial charge in [0.15, 0.2) is 15.4 Å². The monoisotopic (exact) mass is 292 g/mol. The van der Waals surface area contributed by atoms with E-state index in [1.54, 1.807) is 30.3 Å². The molecule has 1 aliphatic carbocycles. The molecule has 0 aromatic heterocycles. The Labute approximate surface area is 118 Å². The summed E-state index contributed by atoms with van der Waals surface area (Å²) < 4.78 is 28.7. The van der Waals surface area contributed by atoms with Crippen LogP contribution in [0.15, 0.2) is 35.2 Å². The molecule has 5 heteroatoms. The van der Waals surface area contributed by atoms with Gasteiger partial charge in [-0.1, -0.05) is 0 Å². The molecule has 0 N–H and O–H groups in total. The summed E-state index contributed by atoms with van der Waals surface area (Å²) in [5.74, 6) is 0.592. The number of benzene rings is 1. The largest absolute Gasteiger partial charge is 0.478 e. The summed E-state index contributed by atoms with van der Waals surface area (Å²) in [4.78, 5) is 12.4. The fourth-order valence-corrected chi connectivity index (χ4v) is 3.47. The smallest absolute Gasteiger partial charge is 0.202 e. The van der Waals surface area contributed by atoms with Crippen LogP contribution in [0.3, 0.4) is 0 Å². The van der Waals surface area contributed by atoms with E-state index >= 15 is 0 Å². The van der Waals surface area contributed by atoms with Crippen LogP contribution < -0.4 is 0 Å². The van der Waals surface area contributed by atoms with E-state index in [0.717, 1.165) is 31.2 Å². The molecule has 1 spiro atoms. The van der Waals surface area contributed by atoms with Crippen LogP contribution in [0.4, 0.5) is 0 Å². The Bertz CT molecular complexity index is 677. The Kier molecular flexibility index (Phi) is 2.97. The molecule has 0 saturated heterocycles. The van der Waals surface area contributed by atoms with Crippen molar-refractivity contribution >= 4 is 21.4 Å². The van der Waals surface area contributed by atoms with E-state index < -0.39 is 15.4 Å².